The molecule has 2 aliphatic rings. The minimum Gasteiger partial charge on any atom is -0.338 e. The molecule has 0 unspecified atom stereocenters. The monoisotopic (exact) mass is 473 g/mol. The molecule has 5 rings (SSSR count). The molecule has 2 aromatic carbocycles. The number of imidazole rings is 1. The van der Waals surface area contributed by atoms with Crippen molar-refractivity contribution in [2.24, 2.45) is 10.8 Å². The topological polar surface area (TPSA) is 49.0 Å². The third-order valence-corrected chi connectivity index (χ3v) is 8.27. The summed E-state index contributed by atoms with van der Waals surface area (Å²) in [4.78, 5) is 23.9. The van der Waals surface area contributed by atoms with Crippen molar-refractivity contribution in [3.63, 3.8) is 0 Å². The zero-order valence-corrected chi connectivity index (χ0v) is 21.8. The smallest absolute Gasteiger partial charge is 0.233 e. The molecule has 3 aromatic rings. The number of nitrogens with one attached hydrogen (secondary N) is 1. The Morgan fingerprint density at radius 1 is 1.00 bits per heavy atom. The summed E-state index contributed by atoms with van der Waals surface area (Å²) in [6, 6.07) is 17.4. The molecule has 1 saturated heterocycles. The van der Waals surface area contributed by atoms with Crippen LogP contribution in [0.15, 0.2) is 53.7 Å². The highest BCUT2D eigenvalue weighted by molar-refractivity contribution is 7.99. The lowest BCUT2D eigenvalue weighted by Gasteiger charge is -2.39. The van der Waals surface area contributed by atoms with E-state index >= 15 is 0 Å². The molecule has 1 saturated carbocycles. The second kappa shape index (κ2) is 8.60. The Kier molecular flexibility index (Phi) is 5.87. The third kappa shape index (κ3) is 4.68. The number of amides is 1. The Morgan fingerprint density at radius 3 is 2.26 bits per heavy atom. The number of fused-ring (bicyclic) bond motifs is 2. The molecular weight excluding hydrogens is 438 g/mol. The fourth-order valence-electron chi connectivity index (χ4n) is 6.23. The van der Waals surface area contributed by atoms with E-state index in [0.29, 0.717) is 17.2 Å². The van der Waals surface area contributed by atoms with Crippen molar-refractivity contribution in [3.8, 4) is 22.5 Å². The lowest BCUT2D eigenvalue weighted by Crippen LogP contribution is -2.38. The maximum atomic E-state index is 13.3. The second-order valence-corrected chi connectivity index (χ2v) is 12.5. The van der Waals surface area contributed by atoms with Crippen molar-refractivity contribution in [3.05, 3.63) is 59.7 Å². The average Bonchev–Trinajstić information content (AvgIpc) is 3.30. The van der Waals surface area contributed by atoms with Gasteiger partial charge < -0.3 is 9.88 Å². The normalized spacial score (nSPS) is 23.3. The first-order chi connectivity index (χ1) is 16.1. The van der Waals surface area contributed by atoms with E-state index in [1.54, 1.807) is 0 Å². The number of aromatic amines is 1. The molecule has 1 amide bonds. The van der Waals surface area contributed by atoms with Crippen LogP contribution >= 0.6 is 11.8 Å². The molecule has 1 N–H and O–H groups in total. The highest BCUT2D eigenvalue weighted by Gasteiger charge is 2.50. The third-order valence-electron chi connectivity index (χ3n) is 7.41. The number of carbonyl (C=O) groups is 1. The van der Waals surface area contributed by atoms with E-state index in [4.69, 9.17) is 4.98 Å². The number of likely N-dealkylation sites (tertiary alicyclic amines) is 1. The number of H-pyrrole nitrogens is 1. The van der Waals surface area contributed by atoms with E-state index in [-0.39, 0.29) is 11.3 Å². The molecule has 5 heteroatoms. The van der Waals surface area contributed by atoms with Gasteiger partial charge in [-0.25, -0.2) is 4.98 Å². The van der Waals surface area contributed by atoms with Gasteiger partial charge in [0.2, 0.25) is 5.91 Å². The Labute approximate surface area is 207 Å². The summed E-state index contributed by atoms with van der Waals surface area (Å²) in [7, 11) is 0. The number of carbonyl (C=O) groups excluding carboxylic acids is 1. The van der Waals surface area contributed by atoms with Crippen LogP contribution in [-0.2, 0) is 4.79 Å². The van der Waals surface area contributed by atoms with Gasteiger partial charge >= 0.3 is 0 Å². The lowest BCUT2D eigenvalue weighted by molar-refractivity contribution is -0.129. The Balaban J connectivity index is 1.37. The number of hydrogen-bond donors (Lipinski definition) is 1. The largest absolute Gasteiger partial charge is 0.338 e. The zero-order chi connectivity index (χ0) is 24.1. The van der Waals surface area contributed by atoms with E-state index in [2.05, 4.69) is 93.0 Å². The quantitative estimate of drug-likeness (QED) is 0.411. The van der Waals surface area contributed by atoms with Gasteiger partial charge in [-0.05, 0) is 43.9 Å². The number of hydrogen-bond acceptors (Lipinski definition) is 3. The van der Waals surface area contributed by atoms with Gasteiger partial charge in [0.15, 0.2) is 5.16 Å². The molecule has 2 heterocycles. The first-order valence-corrected chi connectivity index (χ1v) is 13.3. The number of aromatic nitrogens is 2. The molecule has 2 fully saturated rings. The highest BCUT2D eigenvalue weighted by atomic mass is 32.2. The zero-order valence-electron chi connectivity index (χ0n) is 20.9. The first kappa shape index (κ1) is 23.2. The summed E-state index contributed by atoms with van der Waals surface area (Å²) in [6.45, 7) is 12.1. The number of rotatable bonds is 5. The lowest BCUT2D eigenvalue weighted by atomic mass is 9.65. The van der Waals surface area contributed by atoms with Crippen molar-refractivity contribution < 1.29 is 4.79 Å². The van der Waals surface area contributed by atoms with Crippen LogP contribution in [0.4, 0.5) is 0 Å². The minimum atomic E-state index is 0.238. The molecule has 1 aliphatic carbocycles. The van der Waals surface area contributed by atoms with E-state index in [1.165, 1.54) is 29.3 Å². The van der Waals surface area contributed by atoms with Gasteiger partial charge in [0.25, 0.3) is 0 Å². The predicted octanol–water partition coefficient (Wildman–Crippen LogP) is 6.88. The van der Waals surface area contributed by atoms with Crippen molar-refractivity contribution in [2.45, 2.75) is 65.1 Å². The van der Waals surface area contributed by atoms with Crippen molar-refractivity contribution in [2.75, 3.05) is 12.3 Å². The van der Waals surface area contributed by atoms with Crippen LogP contribution < -0.4 is 0 Å². The molecule has 1 aromatic heterocycles. The maximum absolute atomic E-state index is 13.3. The number of nitrogens with zero attached hydrogens (tertiary/aromatic N) is 2. The molecule has 0 radical (unpaired) electrons. The van der Waals surface area contributed by atoms with Gasteiger partial charge in [-0.2, -0.15) is 0 Å². The van der Waals surface area contributed by atoms with E-state index in [9.17, 15) is 4.79 Å². The van der Waals surface area contributed by atoms with Crippen LogP contribution in [0.1, 0.15) is 51.2 Å². The molecule has 1 aliphatic heterocycles. The van der Waals surface area contributed by atoms with Crippen molar-refractivity contribution in [1.82, 2.24) is 14.9 Å². The summed E-state index contributed by atoms with van der Waals surface area (Å²) < 4.78 is 0. The summed E-state index contributed by atoms with van der Waals surface area (Å²) in [5.74, 6) is 0.655. The SMILES string of the molecule is Cc1ccc(-c2nc(SCC(=O)N3C[C@@]4(C)C[C@@H]3CC(C)(C)C4)[nH]c2-c2ccc(C)cc2)cc1. The molecular formula is C29H35N3OS. The minimum absolute atomic E-state index is 0.238. The van der Waals surface area contributed by atoms with Gasteiger partial charge in [0.05, 0.1) is 17.1 Å². The number of thioether (sulfide) groups is 1. The fraction of sp³-hybridized carbons (Fsp3) is 0.448. The predicted molar refractivity (Wildman–Crippen MR) is 141 cm³/mol. The standard InChI is InChI=1S/C29H35N3OS/c1-19-6-10-21(11-7-19)25-26(22-12-8-20(2)9-13-22)31-27(30-25)34-16-24(33)32-18-29(5)15-23(32)14-28(3,4)17-29/h6-13,23H,14-18H2,1-5H3,(H,30,31)/t23-,29-/m0/s1. The van der Waals surface area contributed by atoms with Crippen molar-refractivity contribution >= 4 is 17.7 Å². The maximum Gasteiger partial charge on any atom is 0.233 e. The molecule has 34 heavy (non-hydrogen) atoms. The second-order valence-electron chi connectivity index (χ2n) is 11.5. The van der Waals surface area contributed by atoms with Gasteiger partial charge in [-0.3, -0.25) is 4.79 Å². The van der Waals surface area contributed by atoms with Crippen LogP contribution in [-0.4, -0.2) is 39.1 Å². The summed E-state index contributed by atoms with van der Waals surface area (Å²) in [5, 5.41) is 0.799. The van der Waals surface area contributed by atoms with Gasteiger partial charge in [-0.1, -0.05) is 92.2 Å². The Morgan fingerprint density at radius 2 is 1.62 bits per heavy atom. The van der Waals surface area contributed by atoms with Crippen LogP contribution in [0.2, 0.25) is 0 Å². The number of benzene rings is 2. The van der Waals surface area contributed by atoms with E-state index in [1.807, 2.05) is 0 Å². The molecule has 4 nitrogen and oxygen atoms in total. The first-order valence-electron chi connectivity index (χ1n) is 12.3. The highest BCUT2D eigenvalue weighted by Crippen LogP contribution is 2.52. The van der Waals surface area contributed by atoms with Gasteiger partial charge in [-0.15, -0.1) is 0 Å². The fourth-order valence-corrected chi connectivity index (χ4v) is 6.99. The Bertz CT molecular complexity index is 1130. The molecule has 2 atom stereocenters. The molecule has 178 valence electrons. The number of aryl methyl sites for hydroxylation is 2. The van der Waals surface area contributed by atoms with Crippen LogP contribution in [0.25, 0.3) is 22.5 Å². The van der Waals surface area contributed by atoms with Crippen LogP contribution in [0, 0.1) is 24.7 Å². The van der Waals surface area contributed by atoms with Crippen molar-refractivity contribution in [1.29, 1.82) is 0 Å². The summed E-state index contributed by atoms with van der Waals surface area (Å²) in [6.07, 6.45) is 3.45. The van der Waals surface area contributed by atoms with Crippen LogP contribution in [0.5, 0.6) is 0 Å². The van der Waals surface area contributed by atoms with Gasteiger partial charge in [0, 0.05) is 23.7 Å². The average molecular weight is 474 g/mol. The van der Waals surface area contributed by atoms with Gasteiger partial charge in [0.1, 0.15) is 0 Å². The molecule has 0 spiro atoms. The van der Waals surface area contributed by atoms with E-state index in [0.717, 1.165) is 47.1 Å². The van der Waals surface area contributed by atoms with E-state index < -0.39 is 0 Å². The summed E-state index contributed by atoms with van der Waals surface area (Å²) >= 11 is 1.52. The summed E-state index contributed by atoms with van der Waals surface area (Å²) in [5.41, 5.74) is 7.16. The molecule has 2 bridgehead atoms. The Hall–Kier alpha value is -2.53. The van der Waals surface area contributed by atoms with Crippen LogP contribution in [0.3, 0.4) is 0 Å².